The number of methoxy groups -OCH3 is 2. The molecule has 0 radical (unpaired) electrons. The fraction of sp³-hybridized carbons (Fsp3) is 0.118. The highest BCUT2D eigenvalue weighted by molar-refractivity contribution is 7.11. The van der Waals surface area contributed by atoms with E-state index in [0.29, 0.717) is 27.9 Å². The van der Waals surface area contributed by atoms with E-state index in [1.54, 1.807) is 37.6 Å². The van der Waals surface area contributed by atoms with Gasteiger partial charge in [0.15, 0.2) is 17.2 Å². The van der Waals surface area contributed by atoms with E-state index >= 15 is 0 Å². The Bertz CT molecular complexity index is 993. The first-order valence-corrected chi connectivity index (χ1v) is 9.35. The summed E-state index contributed by atoms with van der Waals surface area (Å²) in [5.41, 5.74) is 1.52. The number of halogens is 3. The molecule has 2 aromatic heterocycles. The number of carbonyl (C=O) groups excluding carboxylic acids is 1. The quantitative estimate of drug-likeness (QED) is 0.567. The third-order valence-corrected chi connectivity index (χ3v) is 5.53. The molecule has 0 atom stereocenters. The molecule has 0 fully saturated rings. The summed E-state index contributed by atoms with van der Waals surface area (Å²) in [6.45, 7) is 0. The number of hydrogen-bond acceptors (Lipinski definition) is 6. The smallest absolute Gasteiger partial charge is 0.278 e. The molecule has 0 spiro atoms. The summed E-state index contributed by atoms with van der Waals surface area (Å²) in [6, 6.07) is 6.83. The summed E-state index contributed by atoms with van der Waals surface area (Å²) in [5, 5.41) is 3.22. The van der Waals surface area contributed by atoms with Crippen LogP contribution in [0.15, 0.2) is 30.5 Å². The van der Waals surface area contributed by atoms with Gasteiger partial charge in [0, 0.05) is 23.4 Å². The van der Waals surface area contributed by atoms with E-state index in [0.717, 1.165) is 17.1 Å². The van der Waals surface area contributed by atoms with Gasteiger partial charge in [-0.15, -0.1) is 0 Å². The van der Waals surface area contributed by atoms with E-state index < -0.39 is 5.91 Å². The fourth-order valence-corrected chi connectivity index (χ4v) is 3.54. The van der Waals surface area contributed by atoms with Gasteiger partial charge in [0.05, 0.1) is 19.2 Å². The number of hydrogen-bond donors (Lipinski definition) is 1. The van der Waals surface area contributed by atoms with E-state index in [1.807, 2.05) is 0 Å². The van der Waals surface area contributed by atoms with Crippen molar-refractivity contribution < 1.29 is 14.3 Å². The van der Waals surface area contributed by atoms with Crippen molar-refractivity contribution >= 4 is 58.1 Å². The van der Waals surface area contributed by atoms with Crippen LogP contribution in [0.4, 0.5) is 5.82 Å². The molecule has 0 aliphatic carbocycles. The molecule has 3 aromatic rings. The van der Waals surface area contributed by atoms with Gasteiger partial charge in [-0.1, -0.05) is 34.8 Å². The van der Waals surface area contributed by atoms with Crippen molar-refractivity contribution in [2.45, 2.75) is 0 Å². The summed E-state index contributed by atoms with van der Waals surface area (Å²) in [4.78, 5) is 16.4. The van der Waals surface area contributed by atoms with Crippen molar-refractivity contribution in [3.05, 3.63) is 50.5 Å². The minimum Gasteiger partial charge on any atom is -0.493 e. The molecule has 1 aromatic carbocycles. The maximum absolute atomic E-state index is 12.2. The van der Waals surface area contributed by atoms with E-state index in [9.17, 15) is 4.79 Å². The fourth-order valence-electron chi connectivity index (χ4n) is 2.28. The molecule has 1 N–H and O–H groups in total. The Morgan fingerprint density at radius 3 is 2.37 bits per heavy atom. The van der Waals surface area contributed by atoms with E-state index in [-0.39, 0.29) is 15.1 Å². The third-order valence-electron chi connectivity index (χ3n) is 3.60. The molecule has 6 nitrogen and oxygen atoms in total. The molecular weight excluding hydrogens is 433 g/mol. The number of rotatable bonds is 5. The SMILES string of the molecule is COc1cc(Cl)c(-c2ccc(NC(=O)c3nsc(Cl)c3Cl)nc2)cc1OC. The first kappa shape index (κ1) is 19.7. The van der Waals surface area contributed by atoms with Gasteiger partial charge < -0.3 is 14.8 Å². The van der Waals surface area contributed by atoms with Gasteiger partial charge in [0.1, 0.15) is 15.2 Å². The van der Waals surface area contributed by atoms with Crippen molar-refractivity contribution in [3.63, 3.8) is 0 Å². The van der Waals surface area contributed by atoms with Crippen LogP contribution in [0.2, 0.25) is 14.4 Å². The van der Waals surface area contributed by atoms with Crippen LogP contribution in [0.1, 0.15) is 10.5 Å². The van der Waals surface area contributed by atoms with Crippen molar-refractivity contribution in [2.24, 2.45) is 0 Å². The van der Waals surface area contributed by atoms with Crippen LogP contribution in [0.5, 0.6) is 11.5 Å². The summed E-state index contributed by atoms with van der Waals surface area (Å²) >= 11 is 19.0. The second-order valence-corrected chi connectivity index (χ2v) is 7.35. The highest BCUT2D eigenvalue weighted by atomic mass is 35.5. The van der Waals surface area contributed by atoms with E-state index in [2.05, 4.69) is 14.7 Å². The van der Waals surface area contributed by atoms with Crippen LogP contribution in [0.3, 0.4) is 0 Å². The predicted molar refractivity (Wildman–Crippen MR) is 108 cm³/mol. The van der Waals surface area contributed by atoms with Crippen LogP contribution >= 0.6 is 46.3 Å². The molecule has 2 heterocycles. The van der Waals surface area contributed by atoms with Gasteiger partial charge >= 0.3 is 0 Å². The molecule has 0 saturated heterocycles. The summed E-state index contributed by atoms with van der Waals surface area (Å²) in [5.74, 6) is 0.916. The standard InChI is InChI=1S/C17H12Cl3N3O3S/c1-25-11-5-9(10(18)6-12(11)26-2)8-3-4-13(21-7-8)22-17(24)15-14(19)16(20)27-23-15/h3-7H,1-2H3,(H,21,22,24). The number of anilines is 1. The maximum atomic E-state index is 12.2. The van der Waals surface area contributed by atoms with E-state index in [1.165, 1.54) is 7.11 Å². The van der Waals surface area contributed by atoms with Gasteiger partial charge in [-0.25, -0.2) is 4.98 Å². The molecule has 10 heteroatoms. The summed E-state index contributed by atoms with van der Waals surface area (Å²) in [7, 11) is 3.08. The number of ether oxygens (including phenoxy) is 2. The Labute approximate surface area is 174 Å². The Kier molecular flexibility index (Phi) is 6.06. The lowest BCUT2D eigenvalue weighted by molar-refractivity contribution is 0.102. The minimum atomic E-state index is -0.493. The lowest BCUT2D eigenvalue weighted by atomic mass is 10.1. The average molecular weight is 445 g/mol. The molecule has 140 valence electrons. The Hall–Kier alpha value is -2.06. The number of nitrogens with one attached hydrogen (secondary N) is 1. The van der Waals surface area contributed by atoms with Crippen LogP contribution in [0, 0.1) is 0 Å². The molecule has 1 amide bonds. The van der Waals surface area contributed by atoms with Gasteiger partial charge in [0.25, 0.3) is 5.91 Å². The van der Waals surface area contributed by atoms with E-state index in [4.69, 9.17) is 44.3 Å². The predicted octanol–water partition coefficient (Wildman–Crippen LogP) is 5.43. The Morgan fingerprint density at radius 1 is 1.11 bits per heavy atom. The molecule has 0 aliphatic heterocycles. The average Bonchev–Trinajstić information content (AvgIpc) is 3.01. The summed E-state index contributed by atoms with van der Waals surface area (Å²) in [6.07, 6.45) is 1.58. The Balaban J connectivity index is 1.83. The molecule has 0 aliphatic rings. The minimum absolute atomic E-state index is 0.0560. The lowest BCUT2D eigenvalue weighted by Gasteiger charge is -2.12. The van der Waals surface area contributed by atoms with Crippen LogP contribution in [-0.4, -0.2) is 29.5 Å². The molecular formula is C17H12Cl3N3O3S. The van der Waals surface area contributed by atoms with Gasteiger partial charge in [-0.05, 0) is 29.7 Å². The highest BCUT2D eigenvalue weighted by Gasteiger charge is 2.18. The van der Waals surface area contributed by atoms with Crippen molar-refractivity contribution in [2.75, 3.05) is 19.5 Å². The second kappa shape index (κ2) is 8.31. The number of benzene rings is 1. The first-order chi connectivity index (χ1) is 12.9. The molecule has 0 saturated carbocycles. The number of amides is 1. The third kappa shape index (κ3) is 4.11. The maximum Gasteiger partial charge on any atom is 0.278 e. The van der Waals surface area contributed by atoms with Crippen molar-refractivity contribution in [3.8, 4) is 22.6 Å². The Morgan fingerprint density at radius 2 is 1.81 bits per heavy atom. The first-order valence-electron chi connectivity index (χ1n) is 7.44. The lowest BCUT2D eigenvalue weighted by Crippen LogP contribution is -2.13. The largest absolute Gasteiger partial charge is 0.493 e. The van der Waals surface area contributed by atoms with Crippen LogP contribution in [-0.2, 0) is 0 Å². The molecule has 0 bridgehead atoms. The second-order valence-electron chi connectivity index (χ2n) is 5.19. The molecule has 27 heavy (non-hydrogen) atoms. The topological polar surface area (TPSA) is 73.3 Å². The zero-order chi connectivity index (χ0) is 19.6. The van der Waals surface area contributed by atoms with Gasteiger partial charge in [0.2, 0.25) is 0 Å². The molecule has 3 rings (SSSR count). The van der Waals surface area contributed by atoms with Crippen LogP contribution in [0.25, 0.3) is 11.1 Å². The zero-order valence-electron chi connectivity index (χ0n) is 14.0. The number of nitrogens with zero attached hydrogens (tertiary/aromatic N) is 2. The number of carbonyl (C=O) groups is 1. The number of pyridine rings is 1. The number of aromatic nitrogens is 2. The molecule has 0 unspecified atom stereocenters. The van der Waals surface area contributed by atoms with Crippen molar-refractivity contribution in [1.29, 1.82) is 0 Å². The monoisotopic (exact) mass is 443 g/mol. The highest BCUT2D eigenvalue weighted by Crippen LogP contribution is 2.38. The van der Waals surface area contributed by atoms with Crippen molar-refractivity contribution in [1.82, 2.24) is 9.36 Å². The normalized spacial score (nSPS) is 10.6. The zero-order valence-corrected chi connectivity index (χ0v) is 17.1. The summed E-state index contributed by atoms with van der Waals surface area (Å²) < 4.78 is 14.7. The van der Waals surface area contributed by atoms with Gasteiger partial charge in [-0.3, -0.25) is 4.79 Å². The van der Waals surface area contributed by atoms with Crippen LogP contribution < -0.4 is 14.8 Å². The van der Waals surface area contributed by atoms with Gasteiger partial charge in [-0.2, -0.15) is 4.37 Å².